The predicted molar refractivity (Wildman–Crippen MR) is 131 cm³/mol. The molecular weight excluding hydrogens is 465 g/mol. The van der Waals surface area contributed by atoms with Gasteiger partial charge in [-0.1, -0.05) is 19.9 Å². The van der Waals surface area contributed by atoms with Crippen molar-refractivity contribution in [1.82, 2.24) is 4.90 Å². The number of rotatable bonds is 9. The standard InChI is InChI=1S/C28H28FNO6/c1-17(2)12-14-36-22-11-8-19(15-23(22)34-3)25-24(26(31)18-6-9-20(29)10-7-18)27(32)28(33)30(25)16-21-5-4-13-35-21/h4-11,13,15,17,25,31H,12,14,16H2,1-3H3/t25-/m0/s1. The number of hydrogen-bond donors (Lipinski definition) is 1. The van der Waals surface area contributed by atoms with Crippen molar-refractivity contribution in [1.29, 1.82) is 0 Å². The zero-order chi connectivity index (χ0) is 25.8. The van der Waals surface area contributed by atoms with E-state index in [9.17, 15) is 19.1 Å². The molecule has 3 aromatic rings. The normalized spacial score (nSPS) is 17.1. The van der Waals surface area contributed by atoms with E-state index in [0.717, 1.165) is 6.42 Å². The van der Waals surface area contributed by atoms with E-state index < -0.39 is 29.3 Å². The van der Waals surface area contributed by atoms with Crippen molar-refractivity contribution in [2.45, 2.75) is 32.9 Å². The second-order valence-electron chi connectivity index (χ2n) is 8.95. The Morgan fingerprint density at radius 2 is 1.86 bits per heavy atom. The summed E-state index contributed by atoms with van der Waals surface area (Å²) in [5.41, 5.74) is 0.657. The van der Waals surface area contributed by atoms with Gasteiger partial charge in [-0.25, -0.2) is 4.39 Å². The van der Waals surface area contributed by atoms with Crippen LogP contribution in [0.15, 0.2) is 70.9 Å². The van der Waals surface area contributed by atoms with Gasteiger partial charge >= 0.3 is 0 Å². The number of aliphatic hydroxyl groups is 1. The van der Waals surface area contributed by atoms with E-state index in [1.807, 2.05) is 0 Å². The zero-order valence-corrected chi connectivity index (χ0v) is 20.4. The highest BCUT2D eigenvalue weighted by Crippen LogP contribution is 2.42. The van der Waals surface area contributed by atoms with E-state index >= 15 is 0 Å². The maximum atomic E-state index is 13.5. The van der Waals surface area contributed by atoms with Crippen LogP contribution in [0.5, 0.6) is 11.5 Å². The molecule has 188 valence electrons. The minimum atomic E-state index is -0.932. The molecule has 1 aromatic heterocycles. The quantitative estimate of drug-likeness (QED) is 0.241. The fourth-order valence-corrected chi connectivity index (χ4v) is 4.10. The molecule has 1 N–H and O–H groups in total. The van der Waals surface area contributed by atoms with Gasteiger partial charge in [0.1, 0.15) is 17.3 Å². The zero-order valence-electron chi connectivity index (χ0n) is 20.4. The predicted octanol–water partition coefficient (Wildman–Crippen LogP) is 5.47. The third kappa shape index (κ3) is 5.12. The van der Waals surface area contributed by atoms with Crippen molar-refractivity contribution >= 4 is 17.4 Å². The van der Waals surface area contributed by atoms with E-state index in [1.165, 1.54) is 42.5 Å². The Hall–Kier alpha value is -4.07. The lowest BCUT2D eigenvalue weighted by atomic mass is 9.95. The summed E-state index contributed by atoms with van der Waals surface area (Å²) in [5, 5.41) is 11.1. The van der Waals surface area contributed by atoms with Crippen molar-refractivity contribution in [2.24, 2.45) is 5.92 Å². The first-order valence-corrected chi connectivity index (χ1v) is 11.7. The Labute approximate surface area is 208 Å². The number of likely N-dealkylation sites (tertiary alicyclic amines) is 1. The lowest BCUT2D eigenvalue weighted by Gasteiger charge is -2.25. The maximum absolute atomic E-state index is 13.5. The van der Waals surface area contributed by atoms with Crippen molar-refractivity contribution in [3.63, 3.8) is 0 Å². The Balaban J connectivity index is 1.79. The molecule has 0 radical (unpaired) electrons. The highest BCUT2D eigenvalue weighted by Gasteiger charge is 2.46. The van der Waals surface area contributed by atoms with Crippen LogP contribution in [0.1, 0.15) is 43.2 Å². The number of ketones is 1. The van der Waals surface area contributed by atoms with E-state index in [1.54, 1.807) is 30.3 Å². The highest BCUT2D eigenvalue weighted by atomic mass is 19.1. The van der Waals surface area contributed by atoms with Gasteiger partial charge in [0.2, 0.25) is 0 Å². The topological polar surface area (TPSA) is 89.2 Å². The second kappa shape index (κ2) is 10.7. The molecule has 2 heterocycles. The Kier molecular flexibility index (Phi) is 7.43. The van der Waals surface area contributed by atoms with Crippen LogP contribution in [0.4, 0.5) is 4.39 Å². The molecule has 1 aliphatic heterocycles. The van der Waals surface area contributed by atoms with Gasteiger partial charge in [-0.3, -0.25) is 9.59 Å². The van der Waals surface area contributed by atoms with E-state index in [2.05, 4.69) is 13.8 Å². The van der Waals surface area contributed by atoms with Gasteiger partial charge in [0, 0.05) is 5.56 Å². The number of amides is 1. The molecule has 0 spiro atoms. The third-order valence-corrected chi connectivity index (χ3v) is 6.02. The number of methoxy groups -OCH3 is 1. The summed E-state index contributed by atoms with van der Waals surface area (Å²) in [4.78, 5) is 27.6. The van der Waals surface area contributed by atoms with Crippen LogP contribution in [-0.4, -0.2) is 35.4 Å². The first-order valence-electron chi connectivity index (χ1n) is 11.7. The molecule has 0 aliphatic carbocycles. The molecule has 1 atom stereocenters. The van der Waals surface area contributed by atoms with Gasteiger partial charge in [-0.15, -0.1) is 0 Å². The molecule has 0 saturated carbocycles. The van der Waals surface area contributed by atoms with Crippen LogP contribution in [0.3, 0.4) is 0 Å². The van der Waals surface area contributed by atoms with Crippen molar-refractivity contribution in [3.05, 3.63) is 89.1 Å². The van der Waals surface area contributed by atoms with Crippen molar-refractivity contribution in [3.8, 4) is 11.5 Å². The lowest BCUT2D eigenvalue weighted by molar-refractivity contribution is -0.140. The van der Waals surface area contributed by atoms with Gasteiger partial charge in [0.25, 0.3) is 11.7 Å². The van der Waals surface area contributed by atoms with Crippen molar-refractivity contribution in [2.75, 3.05) is 13.7 Å². The lowest BCUT2D eigenvalue weighted by Crippen LogP contribution is -2.29. The van der Waals surface area contributed by atoms with Crippen molar-refractivity contribution < 1.29 is 33.0 Å². The van der Waals surface area contributed by atoms with Crippen LogP contribution < -0.4 is 9.47 Å². The fourth-order valence-electron chi connectivity index (χ4n) is 4.10. The number of ether oxygens (including phenoxy) is 2. The fraction of sp³-hybridized carbons (Fsp3) is 0.286. The smallest absolute Gasteiger partial charge is 0.296 e. The summed E-state index contributed by atoms with van der Waals surface area (Å²) in [5.74, 6) is -0.589. The number of carbonyl (C=O) groups is 2. The molecule has 36 heavy (non-hydrogen) atoms. The molecule has 1 fully saturated rings. The molecule has 0 unspecified atom stereocenters. The molecule has 8 heteroatoms. The first-order chi connectivity index (χ1) is 17.3. The van der Waals surface area contributed by atoms with E-state index in [4.69, 9.17) is 13.9 Å². The van der Waals surface area contributed by atoms with Crippen LogP contribution in [-0.2, 0) is 16.1 Å². The molecule has 1 saturated heterocycles. The van der Waals surface area contributed by atoms with E-state index in [-0.39, 0.29) is 17.7 Å². The Morgan fingerprint density at radius 3 is 2.50 bits per heavy atom. The summed E-state index contributed by atoms with van der Waals surface area (Å²) in [6, 6.07) is 12.7. The summed E-state index contributed by atoms with van der Waals surface area (Å²) in [7, 11) is 1.51. The number of carbonyl (C=O) groups excluding carboxylic acids is 2. The monoisotopic (exact) mass is 493 g/mol. The highest BCUT2D eigenvalue weighted by molar-refractivity contribution is 6.46. The summed E-state index contributed by atoms with van der Waals surface area (Å²) in [6.45, 7) is 4.73. The molecule has 1 amide bonds. The molecule has 1 aliphatic rings. The minimum Gasteiger partial charge on any atom is -0.507 e. The van der Waals surface area contributed by atoms with Gasteiger partial charge in [-0.05, 0) is 66.4 Å². The van der Waals surface area contributed by atoms with Crippen LogP contribution in [0.25, 0.3) is 5.76 Å². The molecule has 2 aromatic carbocycles. The van der Waals surface area contributed by atoms with Crippen LogP contribution in [0, 0.1) is 11.7 Å². The Morgan fingerprint density at radius 1 is 1.11 bits per heavy atom. The second-order valence-corrected chi connectivity index (χ2v) is 8.95. The number of hydrogen-bond acceptors (Lipinski definition) is 6. The maximum Gasteiger partial charge on any atom is 0.296 e. The molecular formula is C28H28FNO6. The van der Waals surface area contributed by atoms with E-state index in [0.29, 0.717) is 35.3 Å². The summed E-state index contributed by atoms with van der Waals surface area (Å²) >= 11 is 0. The SMILES string of the molecule is COc1cc([C@H]2C(=C(O)c3ccc(F)cc3)C(=O)C(=O)N2Cc2ccco2)ccc1OCCC(C)C. The number of halogens is 1. The molecule has 7 nitrogen and oxygen atoms in total. The number of aliphatic hydroxyl groups excluding tert-OH is 1. The third-order valence-electron chi connectivity index (χ3n) is 6.02. The van der Waals surface area contributed by atoms with Gasteiger partial charge in [0.15, 0.2) is 11.5 Å². The number of Topliss-reactive ketones (excluding diaryl/α,β-unsaturated/α-hetero) is 1. The first kappa shape index (κ1) is 25.0. The largest absolute Gasteiger partial charge is 0.507 e. The number of furan rings is 1. The number of benzene rings is 2. The van der Waals surface area contributed by atoms with Crippen LogP contribution >= 0.6 is 0 Å². The Bertz CT molecular complexity index is 1260. The van der Waals surface area contributed by atoms with Gasteiger partial charge < -0.3 is 23.9 Å². The van der Waals surface area contributed by atoms with Gasteiger partial charge in [0.05, 0.1) is 38.1 Å². The number of nitrogens with zero attached hydrogens (tertiary/aromatic N) is 1. The molecule has 4 rings (SSSR count). The average Bonchev–Trinajstić information content (AvgIpc) is 3.46. The average molecular weight is 494 g/mol. The summed E-state index contributed by atoms with van der Waals surface area (Å²) in [6.07, 6.45) is 2.34. The summed E-state index contributed by atoms with van der Waals surface area (Å²) < 4.78 is 30.3. The van der Waals surface area contributed by atoms with Crippen LogP contribution in [0.2, 0.25) is 0 Å². The minimum absolute atomic E-state index is 0.0113. The van der Waals surface area contributed by atoms with Gasteiger partial charge in [-0.2, -0.15) is 0 Å². The molecule has 0 bridgehead atoms.